The van der Waals surface area contributed by atoms with Crippen molar-refractivity contribution in [2.45, 2.75) is 38.1 Å². The number of hydrogen-bond donors (Lipinski definition) is 0. The third kappa shape index (κ3) is 1.78. The van der Waals surface area contributed by atoms with E-state index in [4.69, 9.17) is 0 Å². The average Bonchev–Trinajstić information content (AvgIpc) is 2.30. The topological polar surface area (TPSA) is 3.24 Å². The fourth-order valence-electron chi connectivity index (χ4n) is 3.80. The maximum absolute atomic E-state index is 13.5. The molecule has 3 heteroatoms. The van der Waals surface area contributed by atoms with Crippen molar-refractivity contribution in [3.8, 4) is 0 Å². The number of likely N-dealkylation sites (N-methyl/N-ethyl adjacent to an activating group) is 1. The van der Waals surface area contributed by atoms with E-state index in [-0.39, 0.29) is 23.6 Å². The van der Waals surface area contributed by atoms with Gasteiger partial charge in [-0.15, -0.1) is 12.4 Å². The minimum absolute atomic E-state index is 0. The first-order valence-electron chi connectivity index (χ1n) is 6.51. The van der Waals surface area contributed by atoms with Crippen LogP contribution in [0.1, 0.15) is 31.4 Å². The van der Waals surface area contributed by atoms with Gasteiger partial charge in [0.15, 0.2) is 0 Å². The van der Waals surface area contributed by atoms with E-state index in [9.17, 15) is 4.39 Å². The number of likely N-dealkylation sites (tertiary alicyclic amines) is 1. The van der Waals surface area contributed by atoms with Gasteiger partial charge in [0.2, 0.25) is 0 Å². The van der Waals surface area contributed by atoms with Crippen molar-refractivity contribution in [2.75, 3.05) is 13.6 Å². The van der Waals surface area contributed by atoms with E-state index in [1.54, 1.807) is 12.1 Å². The Morgan fingerprint density at radius 3 is 2.83 bits per heavy atom. The largest absolute Gasteiger partial charge is 0.303 e. The van der Waals surface area contributed by atoms with Crippen LogP contribution in [0.3, 0.4) is 0 Å². The summed E-state index contributed by atoms with van der Waals surface area (Å²) in [4.78, 5) is 2.47. The second-order valence-electron chi connectivity index (χ2n) is 6.01. The summed E-state index contributed by atoms with van der Waals surface area (Å²) in [6.45, 7) is 5.77. The zero-order chi connectivity index (χ0) is 12.2. The molecule has 18 heavy (non-hydrogen) atoms. The zero-order valence-corrected chi connectivity index (χ0v) is 12.1. The van der Waals surface area contributed by atoms with Crippen molar-refractivity contribution in [3.05, 3.63) is 35.1 Å². The van der Waals surface area contributed by atoms with Gasteiger partial charge < -0.3 is 4.90 Å². The van der Waals surface area contributed by atoms with E-state index in [0.29, 0.717) is 12.0 Å². The summed E-state index contributed by atoms with van der Waals surface area (Å²) < 4.78 is 13.5. The predicted octanol–water partition coefficient (Wildman–Crippen LogP) is 3.40. The van der Waals surface area contributed by atoms with Crippen LogP contribution in [0.15, 0.2) is 18.2 Å². The Kier molecular flexibility index (Phi) is 3.46. The summed E-state index contributed by atoms with van der Waals surface area (Å²) in [6.07, 6.45) is 2.21. The van der Waals surface area contributed by atoms with Crippen molar-refractivity contribution in [1.29, 1.82) is 0 Å². The number of fused-ring (bicyclic) bond motifs is 4. The van der Waals surface area contributed by atoms with Crippen LogP contribution in [0, 0.1) is 11.7 Å². The fourth-order valence-corrected chi connectivity index (χ4v) is 3.80. The summed E-state index contributed by atoms with van der Waals surface area (Å²) in [5.74, 6) is 0.519. The summed E-state index contributed by atoms with van der Waals surface area (Å²) >= 11 is 0. The van der Waals surface area contributed by atoms with Gasteiger partial charge in [-0.25, -0.2) is 4.39 Å². The Hall–Kier alpha value is -0.600. The van der Waals surface area contributed by atoms with Crippen LogP contribution in [-0.4, -0.2) is 24.5 Å². The fraction of sp³-hybridized carbons (Fsp3) is 0.600. The molecule has 1 unspecified atom stereocenters. The zero-order valence-electron chi connectivity index (χ0n) is 11.2. The number of piperidine rings is 1. The van der Waals surface area contributed by atoms with Gasteiger partial charge >= 0.3 is 0 Å². The molecule has 2 aliphatic rings. The third-order valence-electron chi connectivity index (χ3n) is 5.25. The highest BCUT2D eigenvalue weighted by Gasteiger charge is 2.47. The van der Waals surface area contributed by atoms with Gasteiger partial charge in [-0.2, -0.15) is 0 Å². The van der Waals surface area contributed by atoms with Gasteiger partial charge in [-0.3, -0.25) is 0 Å². The normalized spacial score (nSPS) is 34.7. The van der Waals surface area contributed by atoms with Gasteiger partial charge in [0, 0.05) is 6.04 Å². The highest BCUT2D eigenvalue weighted by molar-refractivity contribution is 5.85. The molecule has 1 saturated heterocycles. The smallest absolute Gasteiger partial charge is 0.123 e. The van der Waals surface area contributed by atoms with E-state index in [1.807, 2.05) is 6.07 Å². The van der Waals surface area contributed by atoms with Gasteiger partial charge in [0.25, 0.3) is 0 Å². The van der Waals surface area contributed by atoms with Crippen LogP contribution in [0.4, 0.5) is 4.39 Å². The maximum atomic E-state index is 13.5. The number of rotatable bonds is 0. The second kappa shape index (κ2) is 4.50. The van der Waals surface area contributed by atoms with Crippen LogP contribution >= 0.6 is 12.4 Å². The quantitative estimate of drug-likeness (QED) is 0.698. The highest BCUT2D eigenvalue weighted by Crippen LogP contribution is 2.48. The lowest BCUT2D eigenvalue weighted by Gasteiger charge is -2.53. The van der Waals surface area contributed by atoms with Crippen molar-refractivity contribution in [2.24, 2.45) is 5.92 Å². The molecule has 0 aromatic heterocycles. The molecule has 2 bridgehead atoms. The van der Waals surface area contributed by atoms with Crippen molar-refractivity contribution < 1.29 is 4.39 Å². The first-order chi connectivity index (χ1) is 8.02. The molecular weight excluding hydrogens is 249 g/mol. The Labute approximate surface area is 115 Å². The van der Waals surface area contributed by atoms with Crippen molar-refractivity contribution in [3.63, 3.8) is 0 Å². The van der Waals surface area contributed by atoms with Crippen LogP contribution < -0.4 is 0 Å². The van der Waals surface area contributed by atoms with Gasteiger partial charge in [-0.05, 0) is 61.0 Å². The minimum atomic E-state index is -0.0884. The van der Waals surface area contributed by atoms with Gasteiger partial charge in [0.05, 0.1) is 0 Å². The Balaban J connectivity index is 0.00000120. The molecule has 0 N–H and O–H groups in total. The number of nitrogens with zero attached hydrogens (tertiary/aromatic N) is 1. The molecule has 0 radical (unpaired) electrons. The van der Waals surface area contributed by atoms with E-state index in [2.05, 4.69) is 25.8 Å². The average molecular weight is 270 g/mol. The first-order valence-corrected chi connectivity index (χ1v) is 6.51. The predicted molar refractivity (Wildman–Crippen MR) is 74.9 cm³/mol. The number of hydrogen-bond acceptors (Lipinski definition) is 1. The molecule has 0 saturated carbocycles. The lowest BCUT2D eigenvalue weighted by Crippen LogP contribution is -2.56. The minimum Gasteiger partial charge on any atom is -0.303 e. The standard InChI is InChI=1S/C15H20FN.ClH/c1-10-14-8-11-4-5-12(16)9-13(11)15(10,2)6-7-17(14)3;/h4-5,9-10,14H,6-8H2,1-3H3;1H/t10?,14-,15-;/m0./s1. The van der Waals surface area contributed by atoms with Gasteiger partial charge in [0.1, 0.15) is 5.82 Å². The SMILES string of the molecule is CC1[C@@H]2Cc3ccc(F)cc3[C@@]1(C)CCN2C.Cl. The van der Waals surface area contributed by atoms with Crippen LogP contribution in [-0.2, 0) is 11.8 Å². The molecule has 3 rings (SSSR count). The third-order valence-corrected chi connectivity index (χ3v) is 5.25. The van der Waals surface area contributed by atoms with E-state index < -0.39 is 0 Å². The molecule has 100 valence electrons. The van der Waals surface area contributed by atoms with E-state index in [0.717, 1.165) is 19.4 Å². The number of benzene rings is 1. The molecule has 1 heterocycles. The summed E-state index contributed by atoms with van der Waals surface area (Å²) in [7, 11) is 2.22. The summed E-state index contributed by atoms with van der Waals surface area (Å²) in [5, 5.41) is 0. The molecule has 3 atom stereocenters. The van der Waals surface area contributed by atoms with Gasteiger partial charge in [-0.1, -0.05) is 19.9 Å². The van der Waals surface area contributed by atoms with E-state index in [1.165, 1.54) is 11.1 Å². The Morgan fingerprint density at radius 2 is 2.11 bits per heavy atom. The molecule has 0 spiro atoms. The molecule has 1 aliphatic carbocycles. The van der Waals surface area contributed by atoms with E-state index >= 15 is 0 Å². The van der Waals surface area contributed by atoms with Crippen LogP contribution in [0.5, 0.6) is 0 Å². The lowest BCUT2D eigenvalue weighted by molar-refractivity contribution is 0.0505. The molecule has 1 aromatic rings. The Morgan fingerprint density at radius 1 is 1.39 bits per heavy atom. The lowest BCUT2D eigenvalue weighted by atomic mass is 9.59. The molecule has 1 nitrogen and oxygen atoms in total. The van der Waals surface area contributed by atoms with Crippen LogP contribution in [0.25, 0.3) is 0 Å². The molecule has 1 fully saturated rings. The molecular formula is C15H21ClFN. The molecule has 0 amide bonds. The molecule has 1 aliphatic heterocycles. The van der Waals surface area contributed by atoms with Crippen molar-refractivity contribution in [1.82, 2.24) is 4.90 Å². The maximum Gasteiger partial charge on any atom is 0.123 e. The summed E-state index contributed by atoms with van der Waals surface area (Å²) in [5.41, 5.74) is 2.77. The van der Waals surface area contributed by atoms with Crippen molar-refractivity contribution >= 4 is 12.4 Å². The monoisotopic (exact) mass is 269 g/mol. The first kappa shape index (κ1) is 13.8. The second-order valence-corrected chi connectivity index (χ2v) is 6.01. The number of halogens is 2. The molecule has 1 aromatic carbocycles. The Bertz CT molecular complexity index is 462. The summed E-state index contributed by atoms with van der Waals surface area (Å²) in [6, 6.07) is 5.98. The van der Waals surface area contributed by atoms with Crippen LogP contribution in [0.2, 0.25) is 0 Å². The highest BCUT2D eigenvalue weighted by atomic mass is 35.5.